The number of rotatable bonds is 4. The number of nitrogens with zero attached hydrogens (tertiary/aromatic N) is 2. The van der Waals surface area contributed by atoms with Gasteiger partial charge in [-0.25, -0.2) is 4.79 Å². The molecule has 1 fully saturated rings. The van der Waals surface area contributed by atoms with Crippen LogP contribution >= 0.6 is 0 Å². The van der Waals surface area contributed by atoms with Crippen molar-refractivity contribution in [2.24, 2.45) is 0 Å². The molecular weight excluding hydrogens is 486 g/mol. The summed E-state index contributed by atoms with van der Waals surface area (Å²) in [5, 5.41) is 0. The average Bonchev–Trinajstić information content (AvgIpc) is 2.78. The third kappa shape index (κ3) is 6.93. The molecule has 10 heteroatoms. The molecule has 1 heterocycles. The summed E-state index contributed by atoms with van der Waals surface area (Å²) in [4.78, 5) is 16.1. The molecule has 0 bridgehead atoms. The lowest BCUT2D eigenvalue weighted by molar-refractivity contribution is -0.138. The molecule has 1 aliphatic rings. The van der Waals surface area contributed by atoms with Crippen molar-refractivity contribution in [2.45, 2.75) is 57.6 Å². The largest absolute Gasteiger partial charge is 0.444 e. The van der Waals surface area contributed by atoms with Crippen molar-refractivity contribution in [2.75, 3.05) is 26.2 Å². The summed E-state index contributed by atoms with van der Waals surface area (Å²) < 4.78 is 83.9. The summed E-state index contributed by atoms with van der Waals surface area (Å²) in [5.74, 6) is -0.336. The van der Waals surface area contributed by atoms with Crippen molar-refractivity contribution in [1.29, 1.82) is 0 Å². The minimum Gasteiger partial charge on any atom is -0.444 e. The maximum absolute atomic E-state index is 13.1. The lowest BCUT2D eigenvalue weighted by atomic mass is 9.86. The van der Waals surface area contributed by atoms with E-state index in [1.165, 1.54) is 24.3 Å². The standard InChI is InChI=1S/C26H30F6N2O2/c1-17(18-5-9-20(10-6-18)25(27,28)29)22(19-7-11-21(12-8-19)26(30,31)32)33-13-15-34(16-14-33)23(35)36-24(2,3)4/h5-12,17,22H,13-16H2,1-4H3. The average molecular weight is 517 g/mol. The molecule has 198 valence electrons. The van der Waals surface area contributed by atoms with Gasteiger partial charge in [0.15, 0.2) is 0 Å². The summed E-state index contributed by atoms with van der Waals surface area (Å²) in [6.45, 7) is 8.71. The molecule has 2 aromatic rings. The molecule has 3 rings (SSSR count). The second-order valence-corrected chi connectivity index (χ2v) is 9.98. The first-order valence-electron chi connectivity index (χ1n) is 11.6. The van der Waals surface area contributed by atoms with Crippen LogP contribution in [0.1, 0.15) is 61.9 Å². The Labute approximate surface area is 206 Å². The molecule has 4 nitrogen and oxygen atoms in total. The number of benzene rings is 2. The first-order chi connectivity index (χ1) is 16.6. The van der Waals surface area contributed by atoms with Crippen LogP contribution in [0, 0.1) is 0 Å². The van der Waals surface area contributed by atoms with Gasteiger partial charge in [0.25, 0.3) is 0 Å². The van der Waals surface area contributed by atoms with E-state index in [9.17, 15) is 31.1 Å². The van der Waals surface area contributed by atoms with Gasteiger partial charge in [0, 0.05) is 38.1 Å². The number of hydrogen-bond acceptors (Lipinski definition) is 3. The summed E-state index contributed by atoms with van der Waals surface area (Å²) in [6, 6.07) is 9.26. The van der Waals surface area contributed by atoms with Crippen LogP contribution in [0.25, 0.3) is 0 Å². The smallest absolute Gasteiger partial charge is 0.416 e. The van der Waals surface area contributed by atoms with Gasteiger partial charge in [-0.3, -0.25) is 4.90 Å². The van der Waals surface area contributed by atoms with Crippen LogP contribution in [0.3, 0.4) is 0 Å². The van der Waals surface area contributed by atoms with Gasteiger partial charge in [0.1, 0.15) is 5.60 Å². The normalized spacial score (nSPS) is 17.6. The fraction of sp³-hybridized carbons (Fsp3) is 0.500. The van der Waals surface area contributed by atoms with Crippen LogP contribution in [-0.4, -0.2) is 47.7 Å². The Bertz CT molecular complexity index is 1020. The first-order valence-corrected chi connectivity index (χ1v) is 11.6. The lowest BCUT2D eigenvalue weighted by Gasteiger charge is -2.42. The van der Waals surface area contributed by atoms with Crippen LogP contribution < -0.4 is 0 Å². The zero-order valence-corrected chi connectivity index (χ0v) is 20.6. The molecule has 0 spiro atoms. The second kappa shape index (κ2) is 10.3. The summed E-state index contributed by atoms with van der Waals surface area (Å²) in [7, 11) is 0. The number of piperazine rings is 1. The third-order valence-corrected chi connectivity index (χ3v) is 6.18. The fourth-order valence-electron chi connectivity index (χ4n) is 4.35. The summed E-state index contributed by atoms with van der Waals surface area (Å²) in [5.41, 5.74) is -0.949. The van der Waals surface area contributed by atoms with E-state index in [-0.39, 0.29) is 5.92 Å². The molecule has 1 aliphatic heterocycles. The maximum atomic E-state index is 13.1. The quantitative estimate of drug-likeness (QED) is 0.406. The van der Waals surface area contributed by atoms with E-state index < -0.39 is 41.2 Å². The van der Waals surface area contributed by atoms with E-state index in [4.69, 9.17) is 4.74 Å². The van der Waals surface area contributed by atoms with Crippen molar-refractivity contribution in [3.8, 4) is 0 Å². The van der Waals surface area contributed by atoms with Crippen LogP contribution in [0.4, 0.5) is 31.1 Å². The highest BCUT2D eigenvalue weighted by Crippen LogP contribution is 2.39. The summed E-state index contributed by atoms with van der Waals surface area (Å²) in [6.07, 6.45) is -9.39. The topological polar surface area (TPSA) is 32.8 Å². The van der Waals surface area contributed by atoms with Crippen molar-refractivity contribution in [3.63, 3.8) is 0 Å². The van der Waals surface area contributed by atoms with Crippen LogP contribution in [0.2, 0.25) is 0 Å². The van der Waals surface area contributed by atoms with Crippen molar-refractivity contribution in [3.05, 3.63) is 70.8 Å². The van der Waals surface area contributed by atoms with Crippen molar-refractivity contribution in [1.82, 2.24) is 9.80 Å². The van der Waals surface area contributed by atoms with E-state index >= 15 is 0 Å². The Morgan fingerprint density at radius 1 is 0.750 bits per heavy atom. The van der Waals surface area contributed by atoms with Crippen LogP contribution in [0.15, 0.2) is 48.5 Å². The Hall–Kier alpha value is -2.75. The highest BCUT2D eigenvalue weighted by molar-refractivity contribution is 5.68. The molecule has 1 saturated heterocycles. The Morgan fingerprint density at radius 3 is 1.56 bits per heavy atom. The number of halogens is 6. The second-order valence-electron chi connectivity index (χ2n) is 9.98. The predicted octanol–water partition coefficient (Wildman–Crippen LogP) is 7.12. The number of hydrogen-bond donors (Lipinski definition) is 0. The highest BCUT2D eigenvalue weighted by atomic mass is 19.4. The number of carbonyl (C=O) groups is 1. The molecule has 0 N–H and O–H groups in total. The zero-order chi connectivity index (χ0) is 26.9. The lowest BCUT2D eigenvalue weighted by Crippen LogP contribution is -2.51. The molecule has 2 atom stereocenters. The predicted molar refractivity (Wildman–Crippen MR) is 123 cm³/mol. The van der Waals surface area contributed by atoms with Crippen LogP contribution in [-0.2, 0) is 17.1 Å². The van der Waals surface area contributed by atoms with Gasteiger partial charge in [0.2, 0.25) is 0 Å². The molecule has 0 radical (unpaired) electrons. The number of alkyl halides is 6. The van der Waals surface area contributed by atoms with Gasteiger partial charge in [-0.05, 0) is 56.2 Å². The number of carbonyl (C=O) groups excluding carboxylic acids is 1. The van der Waals surface area contributed by atoms with Gasteiger partial charge < -0.3 is 9.64 Å². The van der Waals surface area contributed by atoms with E-state index in [0.29, 0.717) is 37.3 Å². The summed E-state index contributed by atoms with van der Waals surface area (Å²) >= 11 is 0. The Balaban J connectivity index is 1.87. The minimum atomic E-state index is -4.48. The molecule has 0 aliphatic carbocycles. The Morgan fingerprint density at radius 2 is 1.17 bits per heavy atom. The van der Waals surface area contributed by atoms with Crippen LogP contribution in [0.5, 0.6) is 0 Å². The fourth-order valence-corrected chi connectivity index (χ4v) is 4.35. The van der Waals surface area contributed by atoms with Gasteiger partial charge in [-0.15, -0.1) is 0 Å². The zero-order valence-electron chi connectivity index (χ0n) is 20.6. The molecule has 0 saturated carbocycles. The SMILES string of the molecule is CC(c1ccc(C(F)(F)F)cc1)C(c1ccc(C(F)(F)F)cc1)N1CCN(C(=O)OC(C)(C)C)CC1. The van der Waals surface area contributed by atoms with E-state index in [2.05, 4.69) is 0 Å². The van der Waals surface area contributed by atoms with Crippen molar-refractivity contribution >= 4 is 6.09 Å². The first kappa shape index (κ1) is 27.8. The van der Waals surface area contributed by atoms with E-state index in [1.54, 1.807) is 25.7 Å². The molecule has 36 heavy (non-hydrogen) atoms. The monoisotopic (exact) mass is 516 g/mol. The molecule has 1 amide bonds. The van der Waals surface area contributed by atoms with E-state index in [1.807, 2.05) is 11.8 Å². The van der Waals surface area contributed by atoms with Gasteiger partial charge in [0.05, 0.1) is 11.1 Å². The maximum Gasteiger partial charge on any atom is 0.416 e. The molecule has 0 aromatic heterocycles. The van der Waals surface area contributed by atoms with Gasteiger partial charge in [-0.1, -0.05) is 31.2 Å². The number of amides is 1. The van der Waals surface area contributed by atoms with Gasteiger partial charge in [-0.2, -0.15) is 26.3 Å². The minimum absolute atomic E-state index is 0.336. The highest BCUT2D eigenvalue weighted by Gasteiger charge is 2.35. The third-order valence-electron chi connectivity index (χ3n) is 6.18. The number of ether oxygens (including phenoxy) is 1. The molecular formula is C26H30F6N2O2. The molecule has 2 aromatic carbocycles. The van der Waals surface area contributed by atoms with Gasteiger partial charge >= 0.3 is 18.4 Å². The van der Waals surface area contributed by atoms with E-state index in [0.717, 1.165) is 24.3 Å². The van der Waals surface area contributed by atoms with Crippen molar-refractivity contribution < 1.29 is 35.9 Å². The Kier molecular flexibility index (Phi) is 7.98. The molecule has 2 unspecified atom stereocenters.